The van der Waals surface area contributed by atoms with Gasteiger partial charge >= 0.3 is 0 Å². The van der Waals surface area contributed by atoms with E-state index >= 15 is 0 Å². The third kappa shape index (κ3) is 2.58. The molecule has 1 unspecified atom stereocenters. The Balaban J connectivity index is 2.30. The van der Waals surface area contributed by atoms with Gasteiger partial charge in [0.05, 0.1) is 18.0 Å². The molecule has 2 aromatic heterocycles. The van der Waals surface area contributed by atoms with Crippen molar-refractivity contribution in [1.82, 2.24) is 15.1 Å². The highest BCUT2D eigenvalue weighted by molar-refractivity contribution is 5.27. The van der Waals surface area contributed by atoms with Crippen LogP contribution in [-0.2, 0) is 7.05 Å². The second kappa shape index (κ2) is 5.19. The number of hydrogen-bond donors (Lipinski definition) is 1. The first-order chi connectivity index (χ1) is 8.22. The monoisotopic (exact) mass is 233 g/mol. The van der Waals surface area contributed by atoms with Gasteiger partial charge in [-0.15, -0.1) is 0 Å². The van der Waals surface area contributed by atoms with Gasteiger partial charge in [-0.1, -0.05) is 6.92 Å². The van der Waals surface area contributed by atoms with Crippen LogP contribution in [0, 0.1) is 6.92 Å². The molecule has 0 fully saturated rings. The van der Waals surface area contributed by atoms with Crippen LogP contribution in [0.25, 0.3) is 0 Å². The normalized spacial score (nSPS) is 12.9. The summed E-state index contributed by atoms with van der Waals surface area (Å²) in [6.07, 6.45) is 4.85. The van der Waals surface area contributed by atoms with Gasteiger partial charge in [-0.25, -0.2) is 0 Å². The topological polar surface area (TPSA) is 43.0 Å². The van der Waals surface area contributed by atoms with Crippen LogP contribution in [0.1, 0.15) is 36.4 Å². The molecular weight excluding hydrogens is 214 g/mol. The number of aryl methyl sites for hydroxylation is 2. The summed E-state index contributed by atoms with van der Waals surface area (Å²) in [5.41, 5.74) is 2.22. The molecule has 0 saturated heterocycles. The van der Waals surface area contributed by atoms with E-state index in [1.165, 1.54) is 5.56 Å². The molecule has 2 aromatic rings. The molecule has 2 heterocycles. The Hall–Kier alpha value is -1.55. The Morgan fingerprint density at radius 3 is 2.88 bits per heavy atom. The van der Waals surface area contributed by atoms with Crippen LogP contribution in [0.3, 0.4) is 0 Å². The van der Waals surface area contributed by atoms with E-state index in [0.717, 1.165) is 24.4 Å². The molecule has 4 heteroatoms. The minimum Gasteiger partial charge on any atom is -0.467 e. The van der Waals surface area contributed by atoms with E-state index in [1.54, 1.807) is 6.26 Å². The molecule has 0 aliphatic carbocycles. The van der Waals surface area contributed by atoms with Gasteiger partial charge in [-0.2, -0.15) is 5.10 Å². The first-order valence-corrected chi connectivity index (χ1v) is 5.99. The summed E-state index contributed by atoms with van der Waals surface area (Å²) in [5, 5.41) is 7.88. The summed E-state index contributed by atoms with van der Waals surface area (Å²) in [4.78, 5) is 0. The molecule has 92 valence electrons. The van der Waals surface area contributed by atoms with Crippen molar-refractivity contribution in [1.29, 1.82) is 0 Å². The molecule has 0 aliphatic heterocycles. The van der Waals surface area contributed by atoms with Crippen LogP contribution >= 0.6 is 0 Å². The molecule has 0 radical (unpaired) electrons. The first-order valence-electron chi connectivity index (χ1n) is 5.99. The molecule has 0 spiro atoms. The van der Waals surface area contributed by atoms with E-state index in [-0.39, 0.29) is 6.04 Å². The van der Waals surface area contributed by atoms with E-state index in [2.05, 4.69) is 17.3 Å². The molecular formula is C13H19N3O. The maximum atomic E-state index is 5.51. The van der Waals surface area contributed by atoms with Gasteiger partial charge in [0, 0.05) is 18.8 Å². The number of nitrogens with one attached hydrogen (secondary N) is 1. The molecule has 4 nitrogen and oxygen atoms in total. The van der Waals surface area contributed by atoms with Crippen LogP contribution in [0.4, 0.5) is 0 Å². The van der Waals surface area contributed by atoms with Gasteiger partial charge < -0.3 is 9.73 Å². The highest BCUT2D eigenvalue weighted by Crippen LogP contribution is 2.24. The van der Waals surface area contributed by atoms with Gasteiger partial charge in [0.1, 0.15) is 5.76 Å². The van der Waals surface area contributed by atoms with Crippen molar-refractivity contribution in [3.63, 3.8) is 0 Å². The standard InChI is InChI=1S/C13H19N3O/c1-4-7-14-13(12-6-5-8-17-12)11-9-16(3)15-10(11)2/h5-6,8-9,13-14H,4,7H2,1-3H3. The van der Waals surface area contributed by atoms with Gasteiger partial charge in [-0.3, -0.25) is 4.68 Å². The third-order valence-electron chi connectivity index (χ3n) is 2.79. The van der Waals surface area contributed by atoms with Crippen molar-refractivity contribution in [3.05, 3.63) is 41.6 Å². The van der Waals surface area contributed by atoms with Crippen LogP contribution < -0.4 is 5.32 Å². The average Bonchev–Trinajstić information content (AvgIpc) is 2.90. The largest absolute Gasteiger partial charge is 0.467 e. The van der Waals surface area contributed by atoms with Crippen LogP contribution in [0.15, 0.2) is 29.0 Å². The Bertz CT molecular complexity index is 459. The summed E-state index contributed by atoms with van der Waals surface area (Å²) in [6.45, 7) is 5.14. The van der Waals surface area contributed by atoms with E-state index in [1.807, 2.05) is 37.0 Å². The zero-order valence-corrected chi connectivity index (χ0v) is 10.6. The van der Waals surface area contributed by atoms with Crippen molar-refractivity contribution < 1.29 is 4.42 Å². The minimum absolute atomic E-state index is 0.0960. The van der Waals surface area contributed by atoms with Crippen LogP contribution in [0.5, 0.6) is 0 Å². The highest BCUT2D eigenvalue weighted by atomic mass is 16.3. The van der Waals surface area contributed by atoms with E-state index in [4.69, 9.17) is 4.42 Å². The van der Waals surface area contributed by atoms with Crippen molar-refractivity contribution in [2.24, 2.45) is 7.05 Å². The molecule has 0 amide bonds. The molecule has 0 aliphatic rings. The SMILES string of the molecule is CCCNC(c1ccco1)c1cn(C)nc1C. The second-order valence-corrected chi connectivity index (χ2v) is 4.25. The number of hydrogen-bond acceptors (Lipinski definition) is 3. The molecule has 1 N–H and O–H groups in total. The van der Waals surface area contributed by atoms with Gasteiger partial charge in [0.15, 0.2) is 0 Å². The zero-order valence-electron chi connectivity index (χ0n) is 10.6. The van der Waals surface area contributed by atoms with E-state index < -0.39 is 0 Å². The van der Waals surface area contributed by atoms with Crippen molar-refractivity contribution in [3.8, 4) is 0 Å². The fraction of sp³-hybridized carbons (Fsp3) is 0.462. The summed E-state index contributed by atoms with van der Waals surface area (Å²) >= 11 is 0. The van der Waals surface area contributed by atoms with E-state index in [9.17, 15) is 0 Å². The third-order valence-corrected chi connectivity index (χ3v) is 2.79. The Morgan fingerprint density at radius 2 is 2.35 bits per heavy atom. The van der Waals surface area contributed by atoms with Crippen LogP contribution in [0.2, 0.25) is 0 Å². The van der Waals surface area contributed by atoms with Gasteiger partial charge in [0.25, 0.3) is 0 Å². The fourth-order valence-corrected chi connectivity index (χ4v) is 2.01. The predicted octanol–water partition coefficient (Wildman–Crippen LogP) is 2.41. The van der Waals surface area contributed by atoms with Crippen molar-refractivity contribution in [2.45, 2.75) is 26.3 Å². The molecule has 0 bridgehead atoms. The molecule has 0 saturated carbocycles. The quantitative estimate of drug-likeness (QED) is 0.862. The molecule has 1 atom stereocenters. The maximum Gasteiger partial charge on any atom is 0.125 e. The average molecular weight is 233 g/mol. The van der Waals surface area contributed by atoms with Gasteiger partial charge in [-0.05, 0) is 32.0 Å². The number of aromatic nitrogens is 2. The lowest BCUT2D eigenvalue weighted by molar-refractivity contribution is 0.445. The predicted molar refractivity (Wildman–Crippen MR) is 66.8 cm³/mol. The Morgan fingerprint density at radius 1 is 1.53 bits per heavy atom. The molecule has 17 heavy (non-hydrogen) atoms. The zero-order chi connectivity index (χ0) is 12.3. The van der Waals surface area contributed by atoms with Crippen LogP contribution in [-0.4, -0.2) is 16.3 Å². The lowest BCUT2D eigenvalue weighted by Crippen LogP contribution is -2.23. The summed E-state index contributed by atoms with van der Waals surface area (Å²) < 4.78 is 7.35. The second-order valence-electron chi connectivity index (χ2n) is 4.25. The molecule has 0 aromatic carbocycles. The number of rotatable bonds is 5. The van der Waals surface area contributed by atoms with E-state index in [0.29, 0.717) is 0 Å². The van der Waals surface area contributed by atoms with Gasteiger partial charge in [0.2, 0.25) is 0 Å². The lowest BCUT2D eigenvalue weighted by atomic mass is 10.1. The fourth-order valence-electron chi connectivity index (χ4n) is 2.01. The minimum atomic E-state index is 0.0960. The lowest BCUT2D eigenvalue weighted by Gasteiger charge is -2.15. The molecule has 2 rings (SSSR count). The van der Waals surface area contributed by atoms with Crippen molar-refractivity contribution >= 4 is 0 Å². The highest BCUT2D eigenvalue weighted by Gasteiger charge is 2.20. The Labute approximate surface area is 102 Å². The summed E-state index contributed by atoms with van der Waals surface area (Å²) in [6, 6.07) is 4.01. The number of furan rings is 1. The Kier molecular flexibility index (Phi) is 3.64. The van der Waals surface area contributed by atoms with Crippen molar-refractivity contribution in [2.75, 3.05) is 6.54 Å². The maximum absolute atomic E-state index is 5.51. The summed E-state index contributed by atoms with van der Waals surface area (Å²) in [7, 11) is 1.94. The first kappa shape index (κ1) is 11.9. The number of nitrogens with zero attached hydrogens (tertiary/aromatic N) is 2. The summed E-state index contributed by atoms with van der Waals surface area (Å²) in [5.74, 6) is 0.939. The smallest absolute Gasteiger partial charge is 0.125 e.